The Morgan fingerprint density at radius 1 is 1.44 bits per heavy atom. The highest BCUT2D eigenvalue weighted by Gasteiger charge is 2.23. The van der Waals surface area contributed by atoms with Crippen LogP contribution in [0.5, 0.6) is 0 Å². The molecule has 100 valence electrons. The Morgan fingerprint density at radius 2 is 2.11 bits per heavy atom. The molecule has 1 fully saturated rings. The maximum Gasteiger partial charge on any atom is 0.282 e. The molecule has 0 spiro atoms. The van der Waals surface area contributed by atoms with Crippen molar-refractivity contribution in [3.05, 3.63) is 9.47 Å². The van der Waals surface area contributed by atoms with Crippen molar-refractivity contribution in [1.82, 2.24) is 20.4 Å². The van der Waals surface area contributed by atoms with E-state index in [-0.39, 0.29) is 11.9 Å². The number of nitrogens with one attached hydrogen (secondary N) is 1. The van der Waals surface area contributed by atoms with E-state index in [1.54, 1.807) is 0 Å². The molecule has 1 aliphatic heterocycles. The van der Waals surface area contributed by atoms with Gasteiger partial charge in [-0.2, -0.15) is 0 Å². The number of piperidine rings is 1. The van der Waals surface area contributed by atoms with E-state index in [2.05, 4.69) is 34.3 Å². The summed E-state index contributed by atoms with van der Waals surface area (Å²) in [6.45, 7) is 6.45. The summed E-state index contributed by atoms with van der Waals surface area (Å²) in [5.41, 5.74) is 0. The first-order valence-electron chi connectivity index (χ1n) is 6.10. The molecule has 18 heavy (non-hydrogen) atoms. The molecule has 0 aromatic carbocycles. The minimum absolute atomic E-state index is 0.164. The molecular weight excluding hydrogens is 272 g/mol. The SMILES string of the molecule is CC(C)N1CCC(NC(=O)c2nnc(Cl)s2)CC1. The summed E-state index contributed by atoms with van der Waals surface area (Å²) in [5.74, 6) is -0.164. The minimum atomic E-state index is -0.164. The standard InChI is InChI=1S/C11H17ClN4OS/c1-7(2)16-5-3-8(4-6-16)13-9(17)10-14-15-11(12)18-10/h7-8H,3-6H2,1-2H3,(H,13,17). The Morgan fingerprint density at radius 3 is 2.61 bits per heavy atom. The zero-order valence-corrected chi connectivity index (χ0v) is 12.1. The lowest BCUT2D eigenvalue weighted by Crippen LogP contribution is -2.46. The second-order valence-electron chi connectivity index (χ2n) is 4.74. The predicted octanol–water partition coefficient (Wildman–Crippen LogP) is 1.79. The number of hydrogen-bond acceptors (Lipinski definition) is 5. The van der Waals surface area contributed by atoms with Crippen molar-refractivity contribution in [2.24, 2.45) is 0 Å². The summed E-state index contributed by atoms with van der Waals surface area (Å²) in [6.07, 6.45) is 1.97. The van der Waals surface area contributed by atoms with Crippen LogP contribution < -0.4 is 5.32 Å². The van der Waals surface area contributed by atoms with Gasteiger partial charge in [0.2, 0.25) is 9.47 Å². The van der Waals surface area contributed by atoms with Crippen molar-refractivity contribution in [2.75, 3.05) is 13.1 Å². The summed E-state index contributed by atoms with van der Waals surface area (Å²) in [7, 11) is 0. The molecule has 2 heterocycles. The van der Waals surface area contributed by atoms with Crippen molar-refractivity contribution in [1.29, 1.82) is 0 Å². The average molecular weight is 289 g/mol. The maximum absolute atomic E-state index is 11.9. The first-order valence-corrected chi connectivity index (χ1v) is 7.29. The molecule has 1 N–H and O–H groups in total. The van der Waals surface area contributed by atoms with Crippen LogP contribution >= 0.6 is 22.9 Å². The lowest BCUT2D eigenvalue weighted by atomic mass is 10.0. The Kier molecular flexibility index (Phi) is 4.53. The molecular formula is C11H17ClN4OS. The van der Waals surface area contributed by atoms with Gasteiger partial charge < -0.3 is 10.2 Å². The molecule has 1 amide bonds. The third-order valence-corrected chi connectivity index (χ3v) is 4.21. The van der Waals surface area contributed by atoms with Crippen LogP contribution in [-0.4, -0.2) is 46.2 Å². The smallest absolute Gasteiger partial charge is 0.282 e. The minimum Gasteiger partial charge on any atom is -0.347 e. The second kappa shape index (κ2) is 5.95. The van der Waals surface area contributed by atoms with Gasteiger partial charge in [0, 0.05) is 25.2 Å². The van der Waals surface area contributed by atoms with Crippen molar-refractivity contribution in [3.63, 3.8) is 0 Å². The van der Waals surface area contributed by atoms with E-state index in [1.165, 1.54) is 0 Å². The predicted molar refractivity (Wildman–Crippen MR) is 72.1 cm³/mol. The van der Waals surface area contributed by atoms with Gasteiger partial charge in [-0.1, -0.05) is 11.3 Å². The number of likely N-dealkylation sites (tertiary alicyclic amines) is 1. The molecule has 0 radical (unpaired) electrons. The van der Waals surface area contributed by atoms with Crippen molar-refractivity contribution in [2.45, 2.75) is 38.8 Å². The van der Waals surface area contributed by atoms with Crippen LogP contribution in [0.1, 0.15) is 36.5 Å². The van der Waals surface area contributed by atoms with Gasteiger partial charge in [-0.25, -0.2) is 0 Å². The van der Waals surface area contributed by atoms with E-state index in [0.29, 0.717) is 15.5 Å². The van der Waals surface area contributed by atoms with Gasteiger partial charge in [-0.3, -0.25) is 4.79 Å². The highest BCUT2D eigenvalue weighted by atomic mass is 35.5. The van der Waals surface area contributed by atoms with E-state index in [0.717, 1.165) is 37.3 Å². The topological polar surface area (TPSA) is 58.1 Å². The molecule has 5 nitrogen and oxygen atoms in total. The quantitative estimate of drug-likeness (QED) is 0.921. The van der Waals surface area contributed by atoms with E-state index in [4.69, 9.17) is 11.6 Å². The molecule has 0 atom stereocenters. The van der Waals surface area contributed by atoms with Crippen LogP contribution in [0.4, 0.5) is 0 Å². The summed E-state index contributed by atoms with van der Waals surface area (Å²) in [5, 5.41) is 10.7. The molecule has 0 unspecified atom stereocenters. The van der Waals surface area contributed by atoms with Crippen LogP contribution in [0.15, 0.2) is 0 Å². The summed E-state index contributed by atoms with van der Waals surface area (Å²) < 4.78 is 0.301. The number of aromatic nitrogens is 2. The summed E-state index contributed by atoms with van der Waals surface area (Å²) in [6, 6.07) is 0.804. The van der Waals surface area contributed by atoms with Crippen LogP contribution in [0.25, 0.3) is 0 Å². The normalized spacial score (nSPS) is 18.2. The van der Waals surface area contributed by atoms with Gasteiger partial charge >= 0.3 is 0 Å². The zero-order chi connectivity index (χ0) is 13.1. The molecule has 1 aromatic rings. The number of rotatable bonds is 3. The molecule has 7 heteroatoms. The number of hydrogen-bond donors (Lipinski definition) is 1. The third kappa shape index (κ3) is 3.40. The Labute approximate surface area is 116 Å². The third-order valence-electron chi connectivity index (χ3n) is 3.19. The average Bonchev–Trinajstić information content (AvgIpc) is 2.76. The van der Waals surface area contributed by atoms with Gasteiger partial charge in [-0.05, 0) is 38.3 Å². The highest BCUT2D eigenvalue weighted by Crippen LogP contribution is 2.17. The molecule has 0 aliphatic carbocycles. The van der Waals surface area contributed by atoms with Gasteiger partial charge in [0.15, 0.2) is 0 Å². The van der Waals surface area contributed by atoms with E-state index < -0.39 is 0 Å². The number of carbonyl (C=O) groups excluding carboxylic acids is 1. The van der Waals surface area contributed by atoms with E-state index in [9.17, 15) is 4.79 Å². The fourth-order valence-electron chi connectivity index (χ4n) is 2.10. The molecule has 1 saturated heterocycles. The molecule has 1 aromatic heterocycles. The largest absolute Gasteiger partial charge is 0.347 e. The van der Waals surface area contributed by atoms with Crippen LogP contribution in [0.2, 0.25) is 4.47 Å². The first kappa shape index (κ1) is 13.7. The second-order valence-corrected chi connectivity index (χ2v) is 6.30. The summed E-state index contributed by atoms with van der Waals surface area (Å²) >= 11 is 6.77. The molecule has 2 rings (SSSR count). The zero-order valence-electron chi connectivity index (χ0n) is 10.5. The van der Waals surface area contributed by atoms with Crippen LogP contribution in [0, 0.1) is 0 Å². The lowest BCUT2D eigenvalue weighted by molar-refractivity contribution is 0.0899. The van der Waals surface area contributed by atoms with E-state index >= 15 is 0 Å². The number of carbonyl (C=O) groups is 1. The van der Waals surface area contributed by atoms with Crippen molar-refractivity contribution in [3.8, 4) is 0 Å². The highest BCUT2D eigenvalue weighted by molar-refractivity contribution is 7.17. The maximum atomic E-state index is 11.9. The van der Waals surface area contributed by atoms with Crippen LogP contribution in [-0.2, 0) is 0 Å². The lowest BCUT2D eigenvalue weighted by Gasteiger charge is -2.34. The monoisotopic (exact) mass is 288 g/mol. The van der Waals surface area contributed by atoms with Gasteiger partial charge in [0.05, 0.1) is 0 Å². The first-order chi connectivity index (χ1) is 8.56. The Hall–Kier alpha value is -0.720. The summed E-state index contributed by atoms with van der Waals surface area (Å²) in [4.78, 5) is 14.3. The van der Waals surface area contributed by atoms with Gasteiger partial charge in [0.25, 0.3) is 5.91 Å². The number of nitrogens with zero attached hydrogens (tertiary/aromatic N) is 3. The Bertz CT molecular complexity index is 415. The number of halogens is 1. The van der Waals surface area contributed by atoms with Gasteiger partial charge in [0.1, 0.15) is 0 Å². The number of amides is 1. The van der Waals surface area contributed by atoms with E-state index in [1.807, 2.05) is 0 Å². The Balaban J connectivity index is 1.83. The fraction of sp³-hybridized carbons (Fsp3) is 0.727. The molecule has 1 aliphatic rings. The van der Waals surface area contributed by atoms with Gasteiger partial charge in [-0.15, -0.1) is 10.2 Å². The van der Waals surface area contributed by atoms with Crippen molar-refractivity contribution >= 4 is 28.8 Å². The molecule has 0 saturated carbocycles. The van der Waals surface area contributed by atoms with Crippen LogP contribution in [0.3, 0.4) is 0 Å². The molecule has 0 bridgehead atoms. The van der Waals surface area contributed by atoms with Crippen molar-refractivity contribution < 1.29 is 4.79 Å². The fourth-order valence-corrected chi connectivity index (χ4v) is 2.84.